The number of rotatable bonds is 2. The topological polar surface area (TPSA) is 18.5 Å². The van der Waals surface area contributed by atoms with Crippen molar-refractivity contribution in [2.45, 2.75) is 43.6 Å². The van der Waals surface area contributed by atoms with Crippen molar-refractivity contribution in [1.29, 1.82) is 0 Å². The SMILES string of the molecule is C[Si](C)(C)O[C@@]12OCCC[C@@H]1[C@H]2Cl. The third-order valence-corrected chi connectivity index (χ3v) is 4.14. The zero-order chi connectivity index (χ0) is 9.69. The monoisotopic (exact) mass is 220 g/mol. The van der Waals surface area contributed by atoms with Crippen LogP contribution in [0.3, 0.4) is 0 Å². The fourth-order valence-electron chi connectivity index (χ4n) is 2.07. The zero-order valence-electron chi connectivity index (χ0n) is 8.47. The summed E-state index contributed by atoms with van der Waals surface area (Å²) in [5, 5.41) is 0.0988. The Morgan fingerprint density at radius 2 is 2.15 bits per heavy atom. The van der Waals surface area contributed by atoms with Gasteiger partial charge in [-0.2, -0.15) is 0 Å². The first-order chi connectivity index (χ1) is 5.96. The summed E-state index contributed by atoms with van der Waals surface area (Å²) >= 11 is 6.19. The molecule has 0 unspecified atom stereocenters. The van der Waals surface area contributed by atoms with Crippen LogP contribution in [0.2, 0.25) is 19.6 Å². The predicted molar refractivity (Wildman–Crippen MR) is 55.5 cm³/mol. The Labute approximate surface area is 85.7 Å². The number of hydrogen-bond donors (Lipinski definition) is 0. The molecule has 4 heteroatoms. The molecule has 1 saturated heterocycles. The first-order valence-electron chi connectivity index (χ1n) is 4.94. The van der Waals surface area contributed by atoms with Crippen molar-refractivity contribution in [2.24, 2.45) is 5.92 Å². The summed E-state index contributed by atoms with van der Waals surface area (Å²) in [5.41, 5.74) is 0. The van der Waals surface area contributed by atoms with Crippen LogP contribution in [0.4, 0.5) is 0 Å². The highest BCUT2D eigenvalue weighted by Gasteiger charge is 2.69. The van der Waals surface area contributed by atoms with E-state index in [0.717, 1.165) is 13.0 Å². The van der Waals surface area contributed by atoms with Crippen molar-refractivity contribution in [3.8, 4) is 0 Å². The summed E-state index contributed by atoms with van der Waals surface area (Å²) in [7, 11) is -1.53. The van der Waals surface area contributed by atoms with Crippen LogP contribution in [0.15, 0.2) is 0 Å². The molecule has 1 saturated carbocycles. The van der Waals surface area contributed by atoms with Crippen LogP contribution >= 0.6 is 11.6 Å². The fourth-order valence-corrected chi connectivity index (χ4v) is 3.94. The van der Waals surface area contributed by atoms with Crippen LogP contribution in [0.5, 0.6) is 0 Å². The van der Waals surface area contributed by atoms with Gasteiger partial charge in [0.2, 0.25) is 0 Å². The van der Waals surface area contributed by atoms with Gasteiger partial charge in [-0.1, -0.05) is 0 Å². The Hall–Kier alpha value is 0.427. The molecule has 0 N–H and O–H groups in total. The van der Waals surface area contributed by atoms with E-state index in [-0.39, 0.29) is 11.2 Å². The molecular formula is C9H17ClO2Si. The van der Waals surface area contributed by atoms with E-state index in [1.165, 1.54) is 6.42 Å². The molecular weight excluding hydrogens is 204 g/mol. The second-order valence-corrected chi connectivity index (χ2v) is 9.83. The van der Waals surface area contributed by atoms with Crippen molar-refractivity contribution in [3.05, 3.63) is 0 Å². The summed E-state index contributed by atoms with van der Waals surface area (Å²) in [6.45, 7) is 7.35. The van der Waals surface area contributed by atoms with Crippen molar-refractivity contribution in [3.63, 3.8) is 0 Å². The van der Waals surface area contributed by atoms with Crippen molar-refractivity contribution in [2.75, 3.05) is 6.61 Å². The molecule has 0 aromatic rings. The first-order valence-corrected chi connectivity index (χ1v) is 8.78. The fraction of sp³-hybridized carbons (Fsp3) is 1.00. The maximum Gasteiger partial charge on any atom is 0.187 e. The van der Waals surface area contributed by atoms with E-state index >= 15 is 0 Å². The Kier molecular flexibility index (Phi) is 2.27. The van der Waals surface area contributed by atoms with E-state index in [0.29, 0.717) is 5.92 Å². The number of fused-ring (bicyclic) bond motifs is 1. The number of hydrogen-bond acceptors (Lipinski definition) is 2. The van der Waals surface area contributed by atoms with Gasteiger partial charge in [-0.3, -0.25) is 0 Å². The normalized spacial score (nSPS) is 44.3. The Bertz CT molecular complexity index is 216. The average molecular weight is 221 g/mol. The summed E-state index contributed by atoms with van der Waals surface area (Å²) < 4.78 is 11.7. The van der Waals surface area contributed by atoms with Gasteiger partial charge in [0.05, 0.1) is 12.0 Å². The lowest BCUT2D eigenvalue weighted by Crippen LogP contribution is -2.39. The van der Waals surface area contributed by atoms with Crippen molar-refractivity contribution < 1.29 is 9.16 Å². The van der Waals surface area contributed by atoms with Crippen LogP contribution in [0, 0.1) is 5.92 Å². The number of ether oxygens (including phenoxy) is 1. The molecule has 0 aromatic carbocycles. The van der Waals surface area contributed by atoms with Gasteiger partial charge >= 0.3 is 0 Å². The van der Waals surface area contributed by atoms with Gasteiger partial charge in [-0.05, 0) is 32.5 Å². The lowest BCUT2D eigenvalue weighted by Gasteiger charge is -2.29. The van der Waals surface area contributed by atoms with E-state index in [1.807, 2.05) is 0 Å². The Morgan fingerprint density at radius 1 is 1.46 bits per heavy atom. The molecule has 0 amide bonds. The smallest absolute Gasteiger partial charge is 0.187 e. The highest BCUT2D eigenvalue weighted by Crippen LogP contribution is 2.57. The lowest BCUT2D eigenvalue weighted by molar-refractivity contribution is -0.138. The second kappa shape index (κ2) is 2.96. The van der Waals surface area contributed by atoms with E-state index in [1.54, 1.807) is 0 Å². The van der Waals surface area contributed by atoms with E-state index < -0.39 is 8.32 Å². The summed E-state index contributed by atoms with van der Waals surface area (Å²) in [6.07, 6.45) is 2.29. The van der Waals surface area contributed by atoms with Crippen LogP contribution < -0.4 is 0 Å². The van der Waals surface area contributed by atoms with Gasteiger partial charge in [0.1, 0.15) is 0 Å². The molecule has 76 valence electrons. The molecule has 2 rings (SSSR count). The van der Waals surface area contributed by atoms with Crippen LogP contribution in [0.25, 0.3) is 0 Å². The summed E-state index contributed by atoms with van der Waals surface area (Å²) in [6, 6.07) is 0. The molecule has 2 nitrogen and oxygen atoms in total. The predicted octanol–water partition coefficient (Wildman–Crippen LogP) is 2.58. The van der Waals surface area contributed by atoms with Crippen LogP contribution in [-0.2, 0) is 9.16 Å². The maximum atomic E-state index is 6.19. The van der Waals surface area contributed by atoms with Crippen molar-refractivity contribution >= 4 is 19.9 Å². The standard InChI is InChI=1S/C9H17ClO2Si/c1-13(2,3)12-9-7(8(9)10)5-4-6-11-9/h7-8H,4-6H2,1-3H3/t7-,8-,9+/m1/s1. The lowest BCUT2D eigenvalue weighted by atomic mass is 10.2. The molecule has 1 aliphatic heterocycles. The first kappa shape index (κ1) is 9.96. The van der Waals surface area contributed by atoms with Crippen molar-refractivity contribution in [1.82, 2.24) is 0 Å². The summed E-state index contributed by atoms with van der Waals surface area (Å²) in [4.78, 5) is 0. The molecule has 1 heterocycles. The van der Waals surface area contributed by atoms with Gasteiger partial charge < -0.3 is 9.16 Å². The highest BCUT2D eigenvalue weighted by molar-refractivity contribution is 6.69. The van der Waals surface area contributed by atoms with Gasteiger partial charge in [0.25, 0.3) is 0 Å². The Morgan fingerprint density at radius 3 is 2.69 bits per heavy atom. The maximum absolute atomic E-state index is 6.19. The van der Waals surface area contributed by atoms with Gasteiger partial charge in [-0.15, -0.1) is 11.6 Å². The van der Waals surface area contributed by atoms with Gasteiger partial charge in [-0.25, -0.2) is 0 Å². The van der Waals surface area contributed by atoms with E-state index in [4.69, 9.17) is 20.8 Å². The molecule has 0 aromatic heterocycles. The minimum atomic E-state index is -1.53. The molecule has 1 aliphatic carbocycles. The molecule has 2 aliphatic rings. The third-order valence-electron chi connectivity index (χ3n) is 2.60. The van der Waals surface area contributed by atoms with Crippen LogP contribution in [0.1, 0.15) is 12.8 Å². The largest absolute Gasteiger partial charge is 0.389 e. The Balaban J connectivity index is 2.05. The van der Waals surface area contributed by atoms with E-state index in [9.17, 15) is 0 Å². The minimum absolute atomic E-state index is 0.0988. The molecule has 3 atom stereocenters. The second-order valence-electron chi connectivity index (χ2n) is 4.93. The molecule has 2 fully saturated rings. The molecule has 0 bridgehead atoms. The number of alkyl halides is 1. The quantitative estimate of drug-likeness (QED) is 0.526. The van der Waals surface area contributed by atoms with Gasteiger partial charge in [0, 0.05) is 5.92 Å². The molecule has 13 heavy (non-hydrogen) atoms. The molecule has 0 radical (unpaired) electrons. The number of halogens is 1. The van der Waals surface area contributed by atoms with E-state index in [2.05, 4.69) is 19.6 Å². The summed E-state index contributed by atoms with van der Waals surface area (Å²) in [5.74, 6) is 0.0687. The van der Waals surface area contributed by atoms with Gasteiger partial charge in [0.15, 0.2) is 14.1 Å². The average Bonchev–Trinajstić information content (AvgIpc) is 2.54. The zero-order valence-corrected chi connectivity index (χ0v) is 10.2. The van der Waals surface area contributed by atoms with Crippen LogP contribution in [-0.4, -0.2) is 26.1 Å². The minimum Gasteiger partial charge on any atom is -0.389 e. The molecule has 0 spiro atoms. The third kappa shape index (κ3) is 1.67. The highest BCUT2D eigenvalue weighted by atomic mass is 35.5.